The number of amides is 1. The third-order valence-electron chi connectivity index (χ3n) is 6.63. The Morgan fingerprint density at radius 2 is 1.97 bits per heavy atom. The number of hydrogen-bond donors (Lipinski definition) is 1. The van der Waals surface area contributed by atoms with Crippen LogP contribution in [0.1, 0.15) is 57.6 Å². The Bertz CT molecular complexity index is 1130. The maximum absolute atomic E-state index is 12.8. The maximum Gasteiger partial charge on any atom is 0.244 e. The Morgan fingerprint density at radius 1 is 1.22 bits per heavy atom. The highest BCUT2D eigenvalue weighted by atomic mass is 16.5. The highest BCUT2D eigenvalue weighted by molar-refractivity contribution is 6.01. The molecule has 2 aromatic carbocycles. The number of allylic oxidation sites excluding steroid dienone is 1. The third-order valence-corrected chi connectivity index (χ3v) is 6.63. The van der Waals surface area contributed by atoms with Gasteiger partial charge in [0.15, 0.2) is 0 Å². The van der Waals surface area contributed by atoms with Crippen molar-refractivity contribution >= 4 is 22.4 Å². The van der Waals surface area contributed by atoms with Crippen LogP contribution in [0.25, 0.3) is 27.7 Å². The molecule has 0 aliphatic heterocycles. The van der Waals surface area contributed by atoms with Gasteiger partial charge in [0.2, 0.25) is 5.91 Å². The predicted molar refractivity (Wildman–Crippen MR) is 131 cm³/mol. The average Bonchev–Trinajstić information content (AvgIpc) is 3.22. The number of ether oxygens (including phenoxy) is 1. The molecule has 0 spiro atoms. The Balaban J connectivity index is 1.73. The first kappa shape index (κ1) is 22.2. The minimum Gasteiger partial charge on any atom is -0.493 e. The Hall–Kier alpha value is -3.01. The SMILES string of the molecule is CCOc1c(/C(C)=C/C(=O)NC2CCCCC2C)cc2c(-c3ccccc3)coc2c1C. The van der Waals surface area contributed by atoms with Crippen molar-refractivity contribution in [3.05, 3.63) is 59.9 Å². The molecule has 4 nitrogen and oxygen atoms in total. The van der Waals surface area contributed by atoms with Crippen LogP contribution in [0.4, 0.5) is 0 Å². The van der Waals surface area contributed by atoms with Crippen LogP contribution in [0, 0.1) is 12.8 Å². The molecule has 32 heavy (non-hydrogen) atoms. The molecule has 3 aromatic rings. The van der Waals surface area contributed by atoms with Gasteiger partial charge in [-0.1, -0.05) is 50.1 Å². The van der Waals surface area contributed by atoms with Gasteiger partial charge in [-0.2, -0.15) is 0 Å². The lowest BCUT2D eigenvalue weighted by molar-refractivity contribution is -0.117. The van der Waals surface area contributed by atoms with Gasteiger partial charge >= 0.3 is 0 Å². The minimum absolute atomic E-state index is 0.0306. The van der Waals surface area contributed by atoms with Crippen molar-refractivity contribution in [1.82, 2.24) is 5.32 Å². The van der Waals surface area contributed by atoms with Crippen molar-refractivity contribution in [3.8, 4) is 16.9 Å². The second kappa shape index (κ2) is 9.64. The zero-order chi connectivity index (χ0) is 22.7. The molecule has 1 heterocycles. The first-order chi connectivity index (χ1) is 15.5. The zero-order valence-electron chi connectivity index (χ0n) is 19.5. The van der Waals surface area contributed by atoms with Crippen LogP contribution in [-0.4, -0.2) is 18.6 Å². The molecule has 4 rings (SSSR count). The van der Waals surface area contributed by atoms with E-state index in [-0.39, 0.29) is 11.9 Å². The largest absolute Gasteiger partial charge is 0.493 e. The van der Waals surface area contributed by atoms with E-state index in [2.05, 4.69) is 30.4 Å². The van der Waals surface area contributed by atoms with E-state index in [4.69, 9.17) is 9.15 Å². The zero-order valence-corrected chi connectivity index (χ0v) is 19.5. The summed E-state index contributed by atoms with van der Waals surface area (Å²) >= 11 is 0. The Kier molecular flexibility index (Phi) is 6.69. The highest BCUT2D eigenvalue weighted by Gasteiger charge is 2.23. The van der Waals surface area contributed by atoms with Gasteiger partial charge in [0, 0.05) is 34.2 Å². The van der Waals surface area contributed by atoms with Crippen LogP contribution >= 0.6 is 0 Å². The second-order valence-corrected chi connectivity index (χ2v) is 8.91. The molecule has 4 heteroatoms. The molecule has 0 bridgehead atoms. The number of aryl methyl sites for hydroxylation is 1. The first-order valence-electron chi connectivity index (χ1n) is 11.7. The molecule has 1 N–H and O–H groups in total. The highest BCUT2D eigenvalue weighted by Crippen LogP contribution is 2.40. The van der Waals surface area contributed by atoms with Crippen LogP contribution in [0.15, 0.2) is 53.2 Å². The Morgan fingerprint density at radius 3 is 2.69 bits per heavy atom. The lowest BCUT2D eigenvalue weighted by Crippen LogP contribution is -2.40. The minimum atomic E-state index is -0.0306. The Labute approximate surface area is 190 Å². The molecule has 1 aliphatic rings. The molecule has 1 aromatic heterocycles. The van der Waals surface area contributed by atoms with Gasteiger partial charge in [-0.3, -0.25) is 4.79 Å². The normalized spacial score (nSPS) is 19.2. The van der Waals surface area contributed by atoms with Crippen LogP contribution in [0.3, 0.4) is 0 Å². The summed E-state index contributed by atoms with van der Waals surface area (Å²) in [5, 5.41) is 4.26. The van der Waals surface area contributed by atoms with Gasteiger partial charge in [-0.05, 0) is 56.7 Å². The lowest BCUT2D eigenvalue weighted by Gasteiger charge is -2.29. The number of benzene rings is 2. The number of carbonyl (C=O) groups excluding carboxylic acids is 1. The molecule has 2 atom stereocenters. The van der Waals surface area contributed by atoms with Gasteiger partial charge in [-0.25, -0.2) is 0 Å². The summed E-state index contributed by atoms with van der Waals surface area (Å²) in [5.41, 5.74) is 5.74. The fraction of sp³-hybridized carbons (Fsp3) is 0.393. The van der Waals surface area contributed by atoms with Crippen LogP contribution in [0.5, 0.6) is 5.75 Å². The summed E-state index contributed by atoms with van der Waals surface area (Å²) in [6.07, 6.45) is 8.21. The average molecular weight is 432 g/mol. The van der Waals surface area contributed by atoms with Crippen molar-refractivity contribution in [2.75, 3.05) is 6.61 Å². The van der Waals surface area contributed by atoms with Crippen molar-refractivity contribution in [1.29, 1.82) is 0 Å². The monoisotopic (exact) mass is 431 g/mol. The summed E-state index contributed by atoms with van der Waals surface area (Å²) in [4.78, 5) is 12.8. The number of fused-ring (bicyclic) bond motifs is 1. The summed E-state index contributed by atoms with van der Waals surface area (Å²) < 4.78 is 12.0. The smallest absolute Gasteiger partial charge is 0.244 e. The van der Waals surface area contributed by atoms with Gasteiger partial charge in [0.1, 0.15) is 11.3 Å². The molecule has 1 aliphatic carbocycles. The van der Waals surface area contributed by atoms with Crippen molar-refractivity contribution in [2.45, 2.75) is 59.4 Å². The second-order valence-electron chi connectivity index (χ2n) is 8.91. The number of hydrogen-bond acceptors (Lipinski definition) is 3. The van der Waals surface area contributed by atoms with Gasteiger partial charge in [0.05, 0.1) is 12.9 Å². The molecule has 2 unspecified atom stereocenters. The number of carbonyl (C=O) groups is 1. The van der Waals surface area contributed by atoms with Gasteiger partial charge < -0.3 is 14.5 Å². The summed E-state index contributed by atoms with van der Waals surface area (Å²) in [6, 6.07) is 12.6. The van der Waals surface area contributed by atoms with E-state index in [1.165, 1.54) is 19.3 Å². The fourth-order valence-corrected chi connectivity index (χ4v) is 4.81. The summed E-state index contributed by atoms with van der Waals surface area (Å²) in [7, 11) is 0. The van der Waals surface area contributed by atoms with Crippen LogP contribution < -0.4 is 10.1 Å². The van der Waals surface area contributed by atoms with E-state index >= 15 is 0 Å². The topological polar surface area (TPSA) is 51.5 Å². The van der Waals surface area contributed by atoms with Crippen molar-refractivity contribution in [3.63, 3.8) is 0 Å². The van der Waals surface area contributed by atoms with Crippen LogP contribution in [-0.2, 0) is 4.79 Å². The van der Waals surface area contributed by atoms with E-state index in [0.717, 1.165) is 51.0 Å². The van der Waals surface area contributed by atoms with Crippen molar-refractivity contribution in [2.24, 2.45) is 5.92 Å². The van der Waals surface area contributed by atoms with Crippen LogP contribution in [0.2, 0.25) is 0 Å². The first-order valence-corrected chi connectivity index (χ1v) is 11.7. The van der Waals surface area contributed by atoms with E-state index in [1.54, 1.807) is 6.08 Å². The van der Waals surface area contributed by atoms with Gasteiger partial charge in [0.25, 0.3) is 0 Å². The molecule has 168 valence electrons. The standard InChI is InChI=1S/C28H33NO3/c1-5-31-27-20(4)28-23(24(17-32-28)21-12-7-6-8-13-21)16-22(27)19(3)15-26(30)29-25-14-10-9-11-18(25)2/h6-8,12-13,15-18,25H,5,9-11,14H2,1-4H3,(H,29,30)/b19-15+. The number of rotatable bonds is 6. The molecule has 1 amide bonds. The molecule has 1 saturated carbocycles. The molecule has 0 radical (unpaired) electrons. The summed E-state index contributed by atoms with van der Waals surface area (Å²) in [6.45, 7) is 8.75. The fourth-order valence-electron chi connectivity index (χ4n) is 4.81. The van der Waals surface area contributed by atoms with E-state index in [9.17, 15) is 4.79 Å². The molecule has 0 saturated heterocycles. The van der Waals surface area contributed by atoms with E-state index in [0.29, 0.717) is 12.5 Å². The molecule has 1 fully saturated rings. The van der Waals surface area contributed by atoms with E-state index < -0.39 is 0 Å². The number of furan rings is 1. The molecular weight excluding hydrogens is 398 g/mol. The van der Waals surface area contributed by atoms with Crippen molar-refractivity contribution < 1.29 is 13.9 Å². The van der Waals surface area contributed by atoms with E-state index in [1.807, 2.05) is 45.2 Å². The maximum atomic E-state index is 12.8. The predicted octanol–water partition coefficient (Wildman–Crippen LogP) is 6.91. The quantitative estimate of drug-likeness (QED) is 0.432. The van der Waals surface area contributed by atoms with Gasteiger partial charge in [-0.15, -0.1) is 0 Å². The third kappa shape index (κ3) is 4.45. The number of nitrogens with one attached hydrogen (secondary N) is 1. The summed E-state index contributed by atoms with van der Waals surface area (Å²) in [5.74, 6) is 1.27. The molecular formula is C28H33NO3. The lowest BCUT2D eigenvalue weighted by atomic mass is 9.86.